The number of carbonyl (C=O) groups is 1. The van der Waals surface area contributed by atoms with E-state index in [1.807, 2.05) is 24.3 Å². The topological polar surface area (TPSA) is 121 Å². The maximum atomic E-state index is 11.5. The van der Waals surface area contributed by atoms with Gasteiger partial charge in [0.05, 0.1) is 41.1 Å². The molecule has 3 heterocycles. The molecule has 1 fully saturated rings. The number of carboxylic acid groups (broad SMARTS) is 1. The maximum absolute atomic E-state index is 11.5. The lowest BCUT2D eigenvalue weighted by molar-refractivity contribution is -0.0664. The number of aliphatic hydroxyl groups excluding tert-OH is 1. The number of likely N-dealkylation sites (tertiary alicyclic amines) is 1. The summed E-state index contributed by atoms with van der Waals surface area (Å²) in [5.41, 5.74) is 6.74. The summed E-state index contributed by atoms with van der Waals surface area (Å²) in [5.74, 6) is -0.670. The highest BCUT2D eigenvalue weighted by atomic mass is 35.5. The molecular weight excluding hydrogens is 556 g/mol. The first-order chi connectivity index (χ1) is 20.4. The number of nitrogens with zero attached hydrogens (tertiary/aromatic N) is 3. The van der Waals surface area contributed by atoms with Crippen molar-refractivity contribution >= 4 is 28.7 Å². The third kappa shape index (κ3) is 6.00. The molecule has 1 saturated heterocycles. The van der Waals surface area contributed by atoms with Crippen LogP contribution in [0.25, 0.3) is 33.5 Å². The molecule has 10 heteroatoms. The molecule has 0 aliphatic carbocycles. The molecular formula is C32H29ClN4O5. The van der Waals surface area contributed by atoms with Gasteiger partial charge in [-0.2, -0.15) is 4.98 Å². The van der Waals surface area contributed by atoms with Gasteiger partial charge in [0.25, 0.3) is 0 Å². The zero-order valence-corrected chi connectivity index (χ0v) is 23.6. The average molecular weight is 585 g/mol. The molecule has 0 amide bonds. The number of halogens is 1. The number of pyridine rings is 1. The van der Waals surface area contributed by atoms with Crippen molar-refractivity contribution in [2.45, 2.75) is 19.6 Å². The van der Waals surface area contributed by atoms with Crippen LogP contribution in [0.1, 0.15) is 21.5 Å². The summed E-state index contributed by atoms with van der Waals surface area (Å²) in [7, 11) is 0. The number of aryl methyl sites for hydroxylation is 1. The van der Waals surface area contributed by atoms with Gasteiger partial charge in [0, 0.05) is 25.2 Å². The van der Waals surface area contributed by atoms with Gasteiger partial charge in [-0.3, -0.25) is 4.90 Å². The van der Waals surface area contributed by atoms with Gasteiger partial charge in [0.15, 0.2) is 5.65 Å². The fraction of sp³-hybridized carbons (Fsp3) is 0.219. The monoisotopic (exact) mass is 584 g/mol. The summed E-state index contributed by atoms with van der Waals surface area (Å²) in [6.07, 6.45) is 0.217. The van der Waals surface area contributed by atoms with Crippen LogP contribution in [0.5, 0.6) is 11.8 Å². The number of imidazole rings is 1. The number of nitrogens with one attached hydrogen (secondary N) is 1. The molecule has 3 aromatic carbocycles. The van der Waals surface area contributed by atoms with E-state index in [2.05, 4.69) is 44.1 Å². The second-order valence-corrected chi connectivity index (χ2v) is 10.7. The first kappa shape index (κ1) is 27.9. The fourth-order valence-corrected chi connectivity index (χ4v) is 5.27. The Morgan fingerprint density at radius 2 is 1.69 bits per heavy atom. The summed E-state index contributed by atoms with van der Waals surface area (Å²) in [6, 6.07) is 23.4. The molecule has 0 radical (unpaired) electrons. The quantitative estimate of drug-likeness (QED) is 0.184. The highest BCUT2D eigenvalue weighted by Gasteiger charge is 2.27. The van der Waals surface area contributed by atoms with Crippen molar-refractivity contribution in [2.75, 3.05) is 26.3 Å². The Bertz CT molecular complexity index is 1730. The van der Waals surface area contributed by atoms with Gasteiger partial charge in [-0.15, -0.1) is 0 Å². The van der Waals surface area contributed by atoms with Crippen LogP contribution in [-0.4, -0.2) is 68.4 Å². The lowest BCUT2D eigenvalue weighted by atomic mass is 10.0. The number of benzene rings is 3. The number of hydrogen-bond donors (Lipinski definition) is 3. The molecule has 1 aliphatic heterocycles. The number of aliphatic hydroxyl groups is 1. The predicted molar refractivity (Wildman–Crippen MR) is 160 cm³/mol. The molecule has 1 aliphatic rings. The van der Waals surface area contributed by atoms with E-state index in [4.69, 9.17) is 26.2 Å². The number of aromatic amines is 1. The Morgan fingerprint density at radius 1 is 1.00 bits per heavy atom. The van der Waals surface area contributed by atoms with Gasteiger partial charge < -0.3 is 24.7 Å². The Labute approximate surface area is 247 Å². The van der Waals surface area contributed by atoms with Crippen LogP contribution >= 0.6 is 11.6 Å². The number of fused-ring (bicyclic) bond motifs is 1. The number of H-pyrrole nitrogens is 1. The van der Waals surface area contributed by atoms with Crippen LogP contribution in [0.4, 0.5) is 0 Å². The minimum absolute atomic E-state index is 0.0620. The van der Waals surface area contributed by atoms with E-state index >= 15 is 0 Å². The largest absolute Gasteiger partial charge is 0.478 e. The van der Waals surface area contributed by atoms with Crippen LogP contribution in [0.3, 0.4) is 0 Å². The van der Waals surface area contributed by atoms with Gasteiger partial charge in [0.2, 0.25) is 0 Å². The Hall–Kier alpha value is -4.28. The standard InChI is InChI=1S/C32H29ClN4O5/c1-19-2-11-24(14-26(19)31(39)40)42-32-34-28-15-27(33)29(35-30(28)36-32)23-9-7-22(8-10-23)21-5-3-20(4-6-21)16-37-17-25(18-37)41-13-12-38/h2-11,14-15,25,38H,12-13,16-18H2,1H3,(H,39,40)(H,34,35,36). The van der Waals surface area contributed by atoms with Crippen LogP contribution in [0.2, 0.25) is 5.02 Å². The van der Waals surface area contributed by atoms with Crippen molar-refractivity contribution in [3.63, 3.8) is 0 Å². The summed E-state index contributed by atoms with van der Waals surface area (Å²) in [4.78, 5) is 25.9. The van der Waals surface area contributed by atoms with Crippen molar-refractivity contribution in [3.8, 4) is 34.1 Å². The van der Waals surface area contributed by atoms with Gasteiger partial charge in [-0.05, 0) is 47.4 Å². The second-order valence-electron chi connectivity index (χ2n) is 10.3. The highest BCUT2D eigenvalue weighted by molar-refractivity contribution is 6.33. The van der Waals surface area contributed by atoms with Crippen LogP contribution in [0.15, 0.2) is 72.8 Å². The molecule has 2 aromatic heterocycles. The Kier molecular flexibility index (Phi) is 7.90. The van der Waals surface area contributed by atoms with Crippen molar-refractivity contribution in [1.29, 1.82) is 0 Å². The van der Waals surface area contributed by atoms with E-state index in [1.165, 1.54) is 11.6 Å². The molecule has 9 nitrogen and oxygen atoms in total. The van der Waals surface area contributed by atoms with Crippen molar-refractivity contribution in [1.82, 2.24) is 19.9 Å². The lowest BCUT2D eigenvalue weighted by Crippen LogP contribution is -2.51. The first-order valence-electron chi connectivity index (χ1n) is 13.6. The molecule has 0 spiro atoms. The SMILES string of the molecule is Cc1ccc(Oc2nc3nc(-c4ccc(-c5ccc(CN6CC(OCCO)C6)cc5)cc4)c(Cl)cc3[nH]2)cc1C(=O)O. The normalized spacial score (nSPS) is 13.8. The Balaban J connectivity index is 1.14. The maximum Gasteiger partial charge on any atom is 0.336 e. The van der Waals surface area contributed by atoms with E-state index in [1.54, 1.807) is 25.1 Å². The van der Waals surface area contributed by atoms with Gasteiger partial charge in [0.1, 0.15) is 5.75 Å². The minimum atomic E-state index is -1.02. The van der Waals surface area contributed by atoms with E-state index in [9.17, 15) is 9.90 Å². The van der Waals surface area contributed by atoms with Crippen molar-refractivity contribution < 1.29 is 24.5 Å². The summed E-state index contributed by atoms with van der Waals surface area (Å²) in [5, 5.41) is 18.7. The van der Waals surface area contributed by atoms with Crippen LogP contribution in [0, 0.1) is 6.92 Å². The average Bonchev–Trinajstić information content (AvgIpc) is 3.36. The second kappa shape index (κ2) is 11.9. The lowest BCUT2D eigenvalue weighted by Gasteiger charge is -2.38. The number of ether oxygens (including phenoxy) is 2. The molecule has 0 bridgehead atoms. The van der Waals surface area contributed by atoms with Crippen LogP contribution < -0.4 is 4.74 Å². The molecule has 42 heavy (non-hydrogen) atoms. The van der Waals surface area contributed by atoms with Gasteiger partial charge in [-0.1, -0.05) is 66.2 Å². The minimum Gasteiger partial charge on any atom is -0.478 e. The zero-order chi connectivity index (χ0) is 29.2. The van der Waals surface area contributed by atoms with Gasteiger partial charge in [-0.25, -0.2) is 9.78 Å². The predicted octanol–water partition coefficient (Wildman–Crippen LogP) is 5.94. The molecule has 0 saturated carbocycles. The Morgan fingerprint density at radius 3 is 2.38 bits per heavy atom. The highest BCUT2D eigenvalue weighted by Crippen LogP contribution is 2.32. The number of hydrogen-bond acceptors (Lipinski definition) is 7. The third-order valence-corrected chi connectivity index (χ3v) is 7.57. The first-order valence-corrected chi connectivity index (χ1v) is 14.0. The summed E-state index contributed by atoms with van der Waals surface area (Å²) >= 11 is 6.61. The van der Waals surface area contributed by atoms with E-state index in [0.717, 1.165) is 36.3 Å². The summed E-state index contributed by atoms with van der Waals surface area (Å²) in [6.45, 7) is 4.84. The van der Waals surface area contributed by atoms with E-state index in [-0.39, 0.29) is 24.3 Å². The van der Waals surface area contributed by atoms with Crippen LogP contribution in [-0.2, 0) is 11.3 Å². The van der Waals surface area contributed by atoms with Gasteiger partial charge >= 0.3 is 12.0 Å². The molecule has 5 aromatic rings. The molecule has 6 rings (SSSR count). The smallest absolute Gasteiger partial charge is 0.336 e. The number of rotatable bonds is 10. The molecule has 214 valence electrons. The third-order valence-electron chi connectivity index (χ3n) is 7.28. The number of carboxylic acids is 1. The van der Waals surface area contributed by atoms with Crippen molar-refractivity contribution in [2.24, 2.45) is 0 Å². The fourth-order valence-electron chi connectivity index (χ4n) is 5.01. The number of aromatic nitrogens is 3. The van der Waals surface area contributed by atoms with Crippen molar-refractivity contribution in [3.05, 3.63) is 94.5 Å². The number of aromatic carboxylic acids is 1. The summed E-state index contributed by atoms with van der Waals surface area (Å²) < 4.78 is 11.3. The molecule has 3 N–H and O–H groups in total. The van der Waals surface area contributed by atoms with E-state index < -0.39 is 5.97 Å². The van der Waals surface area contributed by atoms with E-state index in [0.29, 0.717) is 39.8 Å². The molecule has 0 unspecified atom stereocenters. The zero-order valence-electron chi connectivity index (χ0n) is 22.9. The molecule has 0 atom stereocenters.